The van der Waals surface area contributed by atoms with E-state index < -0.39 is 6.10 Å². The van der Waals surface area contributed by atoms with Crippen LogP contribution in [0.3, 0.4) is 0 Å². The molecule has 1 aromatic rings. The molecule has 4 heteroatoms. The number of nitrogens with zero attached hydrogens (tertiary/aromatic N) is 1. The Morgan fingerprint density at radius 3 is 3.06 bits per heavy atom. The Labute approximate surface area is 111 Å². The predicted octanol–water partition coefficient (Wildman–Crippen LogP) is 1.78. The van der Waals surface area contributed by atoms with Crippen LogP contribution in [0.5, 0.6) is 0 Å². The summed E-state index contributed by atoms with van der Waals surface area (Å²) in [6.45, 7) is 2.84. The summed E-state index contributed by atoms with van der Waals surface area (Å²) in [5.74, 6) is 0. The topological polar surface area (TPSA) is 35.5 Å². The summed E-state index contributed by atoms with van der Waals surface area (Å²) in [5.41, 5.74) is 0.957. The van der Waals surface area contributed by atoms with Crippen LogP contribution in [0.25, 0.3) is 0 Å². The number of halogens is 1. The molecule has 2 atom stereocenters. The van der Waals surface area contributed by atoms with Gasteiger partial charge in [0, 0.05) is 23.6 Å². The van der Waals surface area contributed by atoms with Crippen molar-refractivity contribution in [1.82, 2.24) is 10.2 Å². The van der Waals surface area contributed by atoms with Gasteiger partial charge in [0.25, 0.3) is 0 Å². The molecule has 1 fully saturated rings. The van der Waals surface area contributed by atoms with Crippen molar-refractivity contribution in [3.8, 4) is 0 Å². The Hall–Kier alpha value is -0.420. The molecule has 2 N–H and O–H groups in total. The summed E-state index contributed by atoms with van der Waals surface area (Å²) in [4.78, 5) is 2.31. The fourth-order valence-corrected chi connectivity index (χ4v) is 2.63. The van der Waals surface area contributed by atoms with Gasteiger partial charge in [0.2, 0.25) is 0 Å². The second kappa shape index (κ2) is 5.96. The van der Waals surface area contributed by atoms with Gasteiger partial charge in [0.15, 0.2) is 0 Å². The third-order valence-corrected chi connectivity index (χ3v) is 3.72. The van der Waals surface area contributed by atoms with Crippen LogP contribution in [0.15, 0.2) is 28.7 Å². The largest absolute Gasteiger partial charge is 0.387 e. The van der Waals surface area contributed by atoms with Gasteiger partial charge < -0.3 is 15.3 Å². The van der Waals surface area contributed by atoms with Crippen molar-refractivity contribution in [2.24, 2.45) is 0 Å². The summed E-state index contributed by atoms with van der Waals surface area (Å²) in [6, 6.07) is 8.36. The third kappa shape index (κ3) is 3.78. The number of aliphatic hydroxyl groups is 1. The molecule has 1 aliphatic rings. The van der Waals surface area contributed by atoms with Gasteiger partial charge in [-0.2, -0.15) is 0 Å². The second-order valence-corrected chi connectivity index (χ2v) is 5.64. The van der Waals surface area contributed by atoms with Crippen LogP contribution in [0.1, 0.15) is 18.1 Å². The first-order valence-electron chi connectivity index (χ1n) is 6.00. The maximum absolute atomic E-state index is 10.1. The molecule has 0 saturated carbocycles. The zero-order valence-electron chi connectivity index (χ0n) is 10.1. The summed E-state index contributed by atoms with van der Waals surface area (Å²) in [5, 5.41) is 13.5. The number of aliphatic hydroxyl groups excluding tert-OH is 1. The molecule has 3 nitrogen and oxygen atoms in total. The Balaban J connectivity index is 1.83. The standard InChI is InChI=1S/C13H19BrN2O/c1-16-6-5-12(9-16)15-8-13(17)10-3-2-4-11(14)7-10/h2-4,7,12-13,15,17H,5-6,8-9H2,1H3. The van der Waals surface area contributed by atoms with E-state index in [9.17, 15) is 5.11 Å². The van der Waals surface area contributed by atoms with Crippen molar-refractivity contribution in [3.63, 3.8) is 0 Å². The van der Waals surface area contributed by atoms with Crippen LogP contribution >= 0.6 is 15.9 Å². The fourth-order valence-electron chi connectivity index (χ4n) is 2.21. The van der Waals surface area contributed by atoms with Crippen molar-refractivity contribution in [1.29, 1.82) is 0 Å². The average molecular weight is 299 g/mol. The molecule has 2 unspecified atom stereocenters. The van der Waals surface area contributed by atoms with Gasteiger partial charge in [-0.1, -0.05) is 28.1 Å². The second-order valence-electron chi connectivity index (χ2n) is 4.73. The Morgan fingerprint density at radius 2 is 2.41 bits per heavy atom. The highest BCUT2D eigenvalue weighted by Crippen LogP contribution is 2.18. The lowest BCUT2D eigenvalue weighted by molar-refractivity contribution is 0.170. The zero-order valence-corrected chi connectivity index (χ0v) is 11.7. The van der Waals surface area contributed by atoms with E-state index >= 15 is 0 Å². The summed E-state index contributed by atoms with van der Waals surface area (Å²) < 4.78 is 1.01. The van der Waals surface area contributed by atoms with Gasteiger partial charge in [0.05, 0.1) is 6.10 Å². The van der Waals surface area contributed by atoms with E-state index in [1.807, 2.05) is 24.3 Å². The zero-order chi connectivity index (χ0) is 12.3. The van der Waals surface area contributed by atoms with Crippen LogP contribution in [0, 0.1) is 0 Å². The van der Waals surface area contributed by atoms with Crippen molar-refractivity contribution in [2.45, 2.75) is 18.6 Å². The van der Waals surface area contributed by atoms with E-state index in [2.05, 4.69) is 33.2 Å². The number of likely N-dealkylation sites (N-methyl/N-ethyl adjacent to an activating group) is 1. The van der Waals surface area contributed by atoms with Crippen molar-refractivity contribution >= 4 is 15.9 Å². The quantitative estimate of drug-likeness (QED) is 0.889. The molecule has 1 aliphatic heterocycles. The number of nitrogens with one attached hydrogen (secondary N) is 1. The van der Waals surface area contributed by atoms with Gasteiger partial charge in [0.1, 0.15) is 0 Å². The first-order valence-corrected chi connectivity index (χ1v) is 6.80. The van der Waals surface area contributed by atoms with Crippen LogP contribution in [-0.2, 0) is 0 Å². The van der Waals surface area contributed by atoms with E-state index in [-0.39, 0.29) is 0 Å². The molecule has 1 saturated heterocycles. The lowest BCUT2D eigenvalue weighted by Crippen LogP contribution is -2.34. The molecule has 94 valence electrons. The normalized spacial score (nSPS) is 22.9. The summed E-state index contributed by atoms with van der Waals surface area (Å²) in [7, 11) is 2.13. The van der Waals surface area contributed by atoms with E-state index in [4.69, 9.17) is 0 Å². The molecule has 0 bridgehead atoms. The third-order valence-electron chi connectivity index (χ3n) is 3.22. The number of hydrogen-bond donors (Lipinski definition) is 2. The van der Waals surface area contributed by atoms with E-state index in [0.717, 1.165) is 23.1 Å². The molecule has 0 spiro atoms. The minimum atomic E-state index is -0.432. The SMILES string of the molecule is CN1CCC(NCC(O)c2cccc(Br)c2)C1. The van der Waals surface area contributed by atoms with E-state index in [0.29, 0.717) is 12.6 Å². The maximum atomic E-state index is 10.1. The van der Waals surface area contributed by atoms with Crippen LogP contribution < -0.4 is 5.32 Å². The van der Waals surface area contributed by atoms with E-state index in [1.54, 1.807) is 0 Å². The minimum Gasteiger partial charge on any atom is -0.387 e. The Kier molecular flexibility index (Phi) is 4.56. The summed E-state index contributed by atoms with van der Waals surface area (Å²) in [6.07, 6.45) is 0.736. The van der Waals surface area contributed by atoms with Gasteiger partial charge in [-0.25, -0.2) is 0 Å². The number of hydrogen-bond acceptors (Lipinski definition) is 3. The van der Waals surface area contributed by atoms with Crippen LogP contribution in [0.4, 0.5) is 0 Å². The molecule has 17 heavy (non-hydrogen) atoms. The maximum Gasteiger partial charge on any atom is 0.0914 e. The fraction of sp³-hybridized carbons (Fsp3) is 0.538. The number of likely N-dealkylation sites (tertiary alicyclic amines) is 1. The minimum absolute atomic E-state index is 0.432. The van der Waals surface area contributed by atoms with Crippen molar-refractivity contribution in [2.75, 3.05) is 26.7 Å². The Bertz CT molecular complexity index is 372. The van der Waals surface area contributed by atoms with Gasteiger partial charge in [-0.05, 0) is 37.7 Å². The average Bonchev–Trinajstić information content (AvgIpc) is 2.72. The summed E-state index contributed by atoms with van der Waals surface area (Å²) >= 11 is 3.42. The lowest BCUT2D eigenvalue weighted by atomic mass is 10.1. The molecular formula is C13H19BrN2O. The molecular weight excluding hydrogens is 280 g/mol. The molecule has 0 amide bonds. The lowest BCUT2D eigenvalue weighted by Gasteiger charge is -2.17. The smallest absolute Gasteiger partial charge is 0.0914 e. The first-order chi connectivity index (χ1) is 8.15. The number of rotatable bonds is 4. The number of benzene rings is 1. The highest BCUT2D eigenvalue weighted by molar-refractivity contribution is 9.10. The highest BCUT2D eigenvalue weighted by atomic mass is 79.9. The van der Waals surface area contributed by atoms with Crippen LogP contribution in [-0.4, -0.2) is 42.7 Å². The molecule has 0 aliphatic carbocycles. The monoisotopic (exact) mass is 298 g/mol. The van der Waals surface area contributed by atoms with Gasteiger partial charge in [-0.3, -0.25) is 0 Å². The van der Waals surface area contributed by atoms with Gasteiger partial charge in [-0.15, -0.1) is 0 Å². The van der Waals surface area contributed by atoms with Gasteiger partial charge >= 0.3 is 0 Å². The van der Waals surface area contributed by atoms with E-state index in [1.165, 1.54) is 6.42 Å². The molecule has 2 rings (SSSR count). The van der Waals surface area contributed by atoms with Crippen molar-refractivity contribution < 1.29 is 5.11 Å². The molecule has 0 radical (unpaired) electrons. The molecule has 1 aromatic carbocycles. The highest BCUT2D eigenvalue weighted by Gasteiger charge is 2.19. The first kappa shape index (κ1) is 13.0. The molecule has 1 heterocycles. The van der Waals surface area contributed by atoms with Crippen LogP contribution in [0.2, 0.25) is 0 Å². The Morgan fingerprint density at radius 1 is 1.59 bits per heavy atom. The molecule has 0 aromatic heterocycles. The van der Waals surface area contributed by atoms with Crippen molar-refractivity contribution in [3.05, 3.63) is 34.3 Å². The predicted molar refractivity (Wildman–Crippen MR) is 73.0 cm³/mol.